The van der Waals surface area contributed by atoms with Crippen LogP contribution in [0.15, 0.2) is 0 Å². The Labute approximate surface area is 95.9 Å². The Kier molecular flexibility index (Phi) is 3.78. The van der Waals surface area contributed by atoms with Crippen molar-refractivity contribution in [2.24, 2.45) is 0 Å². The van der Waals surface area contributed by atoms with Crippen LogP contribution in [0.5, 0.6) is 0 Å². The van der Waals surface area contributed by atoms with Crippen molar-refractivity contribution < 1.29 is 14.3 Å². The van der Waals surface area contributed by atoms with Crippen molar-refractivity contribution in [1.29, 1.82) is 0 Å². The smallest absolute Gasteiger partial charge is 0.246 e. The van der Waals surface area contributed by atoms with Crippen LogP contribution in [0.25, 0.3) is 0 Å². The first-order valence-corrected chi connectivity index (χ1v) is 5.90. The van der Waals surface area contributed by atoms with E-state index in [0.717, 1.165) is 39.1 Å². The number of ether oxygens (including phenoxy) is 2. The van der Waals surface area contributed by atoms with Crippen LogP contribution in [0, 0.1) is 0 Å². The number of carbonyl (C=O) groups is 1. The maximum Gasteiger partial charge on any atom is 0.246 e. The summed E-state index contributed by atoms with van der Waals surface area (Å²) in [7, 11) is 0. The fourth-order valence-corrected chi connectivity index (χ4v) is 1.93. The number of nitrogens with one attached hydrogen (secondary N) is 2. The summed E-state index contributed by atoms with van der Waals surface area (Å²) < 4.78 is 10.8. The summed E-state index contributed by atoms with van der Waals surface area (Å²) >= 11 is 0. The zero-order valence-corrected chi connectivity index (χ0v) is 9.75. The van der Waals surface area contributed by atoms with Crippen molar-refractivity contribution in [3.8, 4) is 0 Å². The fourth-order valence-electron chi connectivity index (χ4n) is 1.93. The molecule has 0 aliphatic carbocycles. The molecule has 0 aromatic rings. The molecule has 0 radical (unpaired) electrons. The van der Waals surface area contributed by atoms with E-state index in [0.29, 0.717) is 0 Å². The first-order chi connectivity index (χ1) is 7.68. The summed E-state index contributed by atoms with van der Waals surface area (Å²) in [5.41, 5.74) is -0.146. The first-order valence-electron chi connectivity index (χ1n) is 5.90. The average Bonchev–Trinajstić information content (AvgIpc) is 2.25. The van der Waals surface area contributed by atoms with E-state index >= 15 is 0 Å². The molecule has 0 spiro atoms. The van der Waals surface area contributed by atoms with Gasteiger partial charge in [0.05, 0.1) is 5.60 Å². The van der Waals surface area contributed by atoms with Gasteiger partial charge in [-0.2, -0.15) is 0 Å². The molecule has 2 rings (SSSR count). The van der Waals surface area contributed by atoms with Crippen molar-refractivity contribution in [1.82, 2.24) is 10.6 Å². The highest BCUT2D eigenvalue weighted by molar-refractivity contribution is 5.77. The molecule has 16 heavy (non-hydrogen) atoms. The normalized spacial score (nSPS) is 24.8. The molecule has 1 amide bonds. The third kappa shape index (κ3) is 3.17. The molecule has 2 aliphatic rings. The minimum atomic E-state index is -0.146. The van der Waals surface area contributed by atoms with Crippen LogP contribution in [0.1, 0.15) is 19.8 Å². The number of carbonyl (C=O) groups excluding carboxylic acids is 1. The van der Waals surface area contributed by atoms with Gasteiger partial charge in [-0.25, -0.2) is 0 Å². The molecule has 92 valence electrons. The molecule has 2 heterocycles. The highest BCUT2D eigenvalue weighted by Gasteiger charge is 2.33. The highest BCUT2D eigenvalue weighted by Crippen LogP contribution is 2.14. The van der Waals surface area contributed by atoms with Crippen molar-refractivity contribution in [3.05, 3.63) is 0 Å². The first kappa shape index (κ1) is 11.8. The lowest BCUT2D eigenvalue weighted by Crippen LogP contribution is -2.59. The van der Waals surface area contributed by atoms with Crippen LogP contribution in [0.2, 0.25) is 0 Å². The quantitative estimate of drug-likeness (QED) is 0.691. The molecule has 5 heteroatoms. The molecule has 2 fully saturated rings. The molecule has 5 nitrogen and oxygen atoms in total. The molecule has 0 atom stereocenters. The van der Waals surface area contributed by atoms with Crippen LogP contribution in [-0.2, 0) is 14.3 Å². The van der Waals surface area contributed by atoms with E-state index in [4.69, 9.17) is 9.47 Å². The lowest BCUT2D eigenvalue weighted by Gasteiger charge is -2.38. The molecular formula is C11H20N2O3. The zero-order chi connectivity index (χ0) is 11.4. The monoisotopic (exact) mass is 228 g/mol. The largest absolute Gasteiger partial charge is 0.381 e. The van der Waals surface area contributed by atoms with E-state index in [-0.39, 0.29) is 24.2 Å². The summed E-state index contributed by atoms with van der Waals surface area (Å²) in [6, 6.07) is 0.261. The number of hydrogen-bond donors (Lipinski definition) is 2. The lowest BCUT2D eigenvalue weighted by atomic mass is 10.0. The maximum atomic E-state index is 11.6. The van der Waals surface area contributed by atoms with Crippen LogP contribution < -0.4 is 10.6 Å². The minimum Gasteiger partial charge on any atom is -0.381 e. The van der Waals surface area contributed by atoms with Gasteiger partial charge in [-0.15, -0.1) is 0 Å². The Morgan fingerprint density at radius 3 is 2.75 bits per heavy atom. The number of rotatable bonds is 4. The molecule has 0 aromatic heterocycles. The molecule has 2 N–H and O–H groups in total. The van der Waals surface area contributed by atoms with Crippen LogP contribution in [-0.4, -0.2) is 50.5 Å². The Hall–Kier alpha value is -0.650. The van der Waals surface area contributed by atoms with Gasteiger partial charge < -0.3 is 20.1 Å². The van der Waals surface area contributed by atoms with Gasteiger partial charge in [0, 0.05) is 32.3 Å². The van der Waals surface area contributed by atoms with Crippen molar-refractivity contribution >= 4 is 5.91 Å². The van der Waals surface area contributed by atoms with Gasteiger partial charge in [0.25, 0.3) is 0 Å². The Morgan fingerprint density at radius 2 is 2.19 bits per heavy atom. The second-order valence-corrected chi connectivity index (χ2v) is 4.80. The van der Waals surface area contributed by atoms with Gasteiger partial charge in [-0.1, -0.05) is 0 Å². The van der Waals surface area contributed by atoms with Crippen molar-refractivity contribution in [2.45, 2.75) is 31.4 Å². The SMILES string of the molecule is CC1(OCC(=O)NC2CCOCC2)CNC1. The second kappa shape index (κ2) is 5.12. The molecule has 2 aliphatic heterocycles. The van der Waals surface area contributed by atoms with Crippen LogP contribution in [0.4, 0.5) is 0 Å². The van der Waals surface area contributed by atoms with E-state index in [1.165, 1.54) is 0 Å². The van der Waals surface area contributed by atoms with E-state index in [2.05, 4.69) is 10.6 Å². The van der Waals surface area contributed by atoms with Crippen molar-refractivity contribution in [2.75, 3.05) is 32.9 Å². The van der Waals surface area contributed by atoms with Gasteiger partial charge >= 0.3 is 0 Å². The lowest BCUT2D eigenvalue weighted by molar-refractivity contribution is -0.137. The number of hydrogen-bond acceptors (Lipinski definition) is 4. The Balaban J connectivity index is 1.63. The van der Waals surface area contributed by atoms with Gasteiger partial charge in [0.15, 0.2) is 0 Å². The van der Waals surface area contributed by atoms with Gasteiger partial charge in [-0.05, 0) is 19.8 Å². The maximum absolute atomic E-state index is 11.6. The molecule has 0 bridgehead atoms. The van der Waals surface area contributed by atoms with Gasteiger partial charge in [0.2, 0.25) is 5.91 Å². The Morgan fingerprint density at radius 1 is 1.50 bits per heavy atom. The summed E-state index contributed by atoms with van der Waals surface area (Å²) in [6.45, 7) is 5.33. The third-order valence-electron chi connectivity index (χ3n) is 3.14. The van der Waals surface area contributed by atoms with Crippen LogP contribution in [0.3, 0.4) is 0 Å². The minimum absolute atomic E-state index is 0.0139. The highest BCUT2D eigenvalue weighted by atomic mass is 16.5. The molecular weight excluding hydrogens is 208 g/mol. The summed E-state index contributed by atoms with van der Waals surface area (Å²) in [5, 5.41) is 6.11. The van der Waals surface area contributed by atoms with Gasteiger partial charge in [-0.3, -0.25) is 4.79 Å². The van der Waals surface area contributed by atoms with E-state index in [1.807, 2.05) is 6.92 Å². The number of amides is 1. The van der Waals surface area contributed by atoms with Gasteiger partial charge in [0.1, 0.15) is 6.61 Å². The predicted molar refractivity (Wildman–Crippen MR) is 59.2 cm³/mol. The van der Waals surface area contributed by atoms with Crippen molar-refractivity contribution in [3.63, 3.8) is 0 Å². The zero-order valence-electron chi connectivity index (χ0n) is 9.75. The topological polar surface area (TPSA) is 59.6 Å². The fraction of sp³-hybridized carbons (Fsp3) is 0.909. The molecule has 0 unspecified atom stereocenters. The second-order valence-electron chi connectivity index (χ2n) is 4.80. The standard InChI is InChI=1S/C11H20N2O3/c1-11(7-12-8-11)16-6-10(14)13-9-2-4-15-5-3-9/h9,12H,2-8H2,1H3,(H,13,14). The molecule has 2 saturated heterocycles. The summed E-state index contributed by atoms with van der Waals surface area (Å²) in [4.78, 5) is 11.6. The average molecular weight is 228 g/mol. The van der Waals surface area contributed by atoms with E-state index in [9.17, 15) is 4.79 Å². The van der Waals surface area contributed by atoms with Crippen LogP contribution >= 0.6 is 0 Å². The summed E-state index contributed by atoms with van der Waals surface area (Å²) in [6.07, 6.45) is 1.81. The Bertz CT molecular complexity index is 248. The summed E-state index contributed by atoms with van der Waals surface area (Å²) in [5.74, 6) is -0.0139. The molecule has 0 aromatic carbocycles. The molecule has 0 saturated carbocycles. The van der Waals surface area contributed by atoms with E-state index < -0.39 is 0 Å². The third-order valence-corrected chi connectivity index (χ3v) is 3.14. The van der Waals surface area contributed by atoms with E-state index in [1.54, 1.807) is 0 Å². The predicted octanol–water partition coefficient (Wildman–Crippen LogP) is -0.340.